The third-order valence-electron chi connectivity index (χ3n) is 2.61. The van der Waals surface area contributed by atoms with E-state index in [1.54, 1.807) is 64.1 Å². The van der Waals surface area contributed by atoms with Crippen LogP contribution in [0.15, 0.2) is 48.5 Å². The number of aromatic carboxylic acids is 2. The average molecular weight is 410 g/mol. The van der Waals surface area contributed by atoms with Crippen molar-refractivity contribution in [1.29, 1.82) is 0 Å². The fourth-order valence-electron chi connectivity index (χ4n) is 1.81. The zero-order valence-electron chi connectivity index (χ0n) is 15.9. The molecule has 0 saturated heterocycles. The van der Waals surface area contributed by atoms with Gasteiger partial charge in [0, 0.05) is 33.9 Å². The molecular formula is C20H26O6Ti. The smallest absolute Gasteiger partial charge is 0.336 e. The van der Waals surface area contributed by atoms with E-state index < -0.39 is 11.9 Å². The molecule has 0 saturated carbocycles. The first-order valence-corrected chi connectivity index (χ1v) is 8.09. The van der Waals surface area contributed by atoms with Crippen LogP contribution in [-0.4, -0.2) is 44.6 Å². The Labute approximate surface area is 174 Å². The number of hydrogen-bond acceptors (Lipinski definition) is 4. The van der Waals surface area contributed by atoms with Crippen LogP contribution in [0.1, 0.15) is 48.4 Å². The van der Waals surface area contributed by atoms with E-state index in [4.69, 9.17) is 20.4 Å². The van der Waals surface area contributed by atoms with Crippen LogP contribution in [0, 0.1) is 0 Å². The molecule has 0 bridgehead atoms. The van der Waals surface area contributed by atoms with Crippen LogP contribution >= 0.6 is 0 Å². The summed E-state index contributed by atoms with van der Waals surface area (Å²) >= 11 is 0. The first kappa shape index (κ1) is 27.2. The van der Waals surface area contributed by atoms with Gasteiger partial charge in [0.2, 0.25) is 0 Å². The van der Waals surface area contributed by atoms with E-state index in [9.17, 15) is 9.59 Å². The minimum Gasteiger partial charge on any atom is -0.478 e. The van der Waals surface area contributed by atoms with Crippen LogP contribution in [0.5, 0.6) is 0 Å². The van der Waals surface area contributed by atoms with Gasteiger partial charge in [-0.3, -0.25) is 0 Å². The van der Waals surface area contributed by atoms with Crippen molar-refractivity contribution in [2.45, 2.75) is 39.9 Å². The SMILES string of the molecule is CC(C)O.CC(C)O.O=C(O)c1ccccc1-c1ccccc1C(=O)O.[Ti]. The molecule has 2 aromatic rings. The molecule has 6 nitrogen and oxygen atoms in total. The fourth-order valence-corrected chi connectivity index (χ4v) is 1.81. The Morgan fingerprint density at radius 3 is 1.11 bits per heavy atom. The molecule has 0 radical (unpaired) electrons. The van der Waals surface area contributed by atoms with Crippen molar-refractivity contribution in [2.24, 2.45) is 0 Å². The summed E-state index contributed by atoms with van der Waals surface area (Å²) in [5, 5.41) is 34.3. The van der Waals surface area contributed by atoms with Gasteiger partial charge in [0.15, 0.2) is 0 Å². The van der Waals surface area contributed by atoms with E-state index in [2.05, 4.69) is 0 Å². The minimum atomic E-state index is -1.08. The Morgan fingerprint density at radius 1 is 0.667 bits per heavy atom. The Bertz CT molecular complexity index is 646. The Morgan fingerprint density at radius 2 is 0.889 bits per heavy atom. The molecule has 27 heavy (non-hydrogen) atoms. The molecule has 0 fully saturated rings. The maximum Gasteiger partial charge on any atom is 0.336 e. The van der Waals surface area contributed by atoms with Crippen molar-refractivity contribution < 1.29 is 51.7 Å². The van der Waals surface area contributed by atoms with Gasteiger partial charge in [0.1, 0.15) is 0 Å². The van der Waals surface area contributed by atoms with Gasteiger partial charge in [-0.25, -0.2) is 9.59 Å². The number of rotatable bonds is 3. The number of carboxylic acids is 2. The number of benzene rings is 2. The van der Waals surface area contributed by atoms with Crippen molar-refractivity contribution in [3.05, 3.63) is 59.7 Å². The predicted octanol–water partition coefficient (Wildman–Crippen LogP) is 3.52. The Hall–Kier alpha value is -1.99. The summed E-state index contributed by atoms with van der Waals surface area (Å²) in [6.45, 7) is 6.89. The van der Waals surface area contributed by atoms with Crippen molar-refractivity contribution in [3.63, 3.8) is 0 Å². The van der Waals surface area contributed by atoms with E-state index in [1.165, 1.54) is 12.1 Å². The topological polar surface area (TPSA) is 115 Å². The monoisotopic (exact) mass is 410 g/mol. The van der Waals surface area contributed by atoms with Gasteiger partial charge in [-0.15, -0.1) is 0 Å². The molecule has 0 aromatic heterocycles. The summed E-state index contributed by atoms with van der Waals surface area (Å²) in [6, 6.07) is 12.7. The van der Waals surface area contributed by atoms with Crippen LogP contribution in [0.3, 0.4) is 0 Å². The molecule has 2 aromatic carbocycles. The van der Waals surface area contributed by atoms with Crippen LogP contribution in [0.2, 0.25) is 0 Å². The summed E-state index contributed by atoms with van der Waals surface area (Å²) in [6.07, 6.45) is -0.333. The quantitative estimate of drug-likeness (QED) is 0.576. The molecule has 0 atom stereocenters. The number of carboxylic acid groups (broad SMARTS) is 2. The summed E-state index contributed by atoms with van der Waals surface area (Å²) in [5.41, 5.74) is 0.989. The van der Waals surface area contributed by atoms with Gasteiger partial charge in [-0.05, 0) is 51.0 Å². The molecule has 7 heteroatoms. The van der Waals surface area contributed by atoms with Gasteiger partial charge in [0.05, 0.1) is 11.1 Å². The van der Waals surface area contributed by atoms with Gasteiger partial charge in [-0.1, -0.05) is 36.4 Å². The molecule has 2 rings (SSSR count). The molecule has 0 aliphatic heterocycles. The molecule has 0 heterocycles. The summed E-state index contributed by atoms with van der Waals surface area (Å²) in [5.74, 6) is -2.16. The molecule has 0 spiro atoms. The van der Waals surface area contributed by atoms with Crippen molar-refractivity contribution in [2.75, 3.05) is 0 Å². The minimum absolute atomic E-state index is 0. The molecule has 0 unspecified atom stereocenters. The van der Waals surface area contributed by atoms with Crippen LogP contribution < -0.4 is 0 Å². The molecule has 0 aliphatic rings. The second-order valence-electron chi connectivity index (χ2n) is 5.89. The van der Waals surface area contributed by atoms with Crippen LogP contribution in [0.25, 0.3) is 11.1 Å². The summed E-state index contributed by atoms with van der Waals surface area (Å²) < 4.78 is 0. The molecule has 146 valence electrons. The largest absolute Gasteiger partial charge is 0.478 e. The van der Waals surface area contributed by atoms with Crippen LogP contribution in [-0.2, 0) is 21.7 Å². The van der Waals surface area contributed by atoms with Crippen molar-refractivity contribution >= 4 is 11.9 Å². The Balaban J connectivity index is 0. The van der Waals surface area contributed by atoms with Gasteiger partial charge in [-0.2, -0.15) is 0 Å². The zero-order chi connectivity index (χ0) is 20.3. The number of carbonyl (C=O) groups is 2. The van der Waals surface area contributed by atoms with Gasteiger partial charge < -0.3 is 20.4 Å². The maximum absolute atomic E-state index is 11.1. The second kappa shape index (κ2) is 14.1. The van der Waals surface area contributed by atoms with Crippen LogP contribution in [0.4, 0.5) is 0 Å². The molecule has 0 aliphatic carbocycles. The van der Waals surface area contributed by atoms with E-state index in [-0.39, 0.29) is 45.1 Å². The van der Waals surface area contributed by atoms with E-state index in [0.29, 0.717) is 11.1 Å². The summed E-state index contributed by atoms with van der Waals surface area (Å²) in [4.78, 5) is 22.3. The standard InChI is InChI=1S/C14H10O4.2C3H8O.Ti/c15-13(16)11-7-3-1-5-9(11)10-6-2-4-8-12(10)14(17)18;2*1-3(2)4;/h1-8H,(H,15,16)(H,17,18);2*3-4H,1-2H3;. The first-order chi connectivity index (χ1) is 12.1. The Kier molecular flexibility index (Phi) is 14.2. The van der Waals surface area contributed by atoms with Gasteiger partial charge in [0.25, 0.3) is 0 Å². The van der Waals surface area contributed by atoms with Crippen molar-refractivity contribution in [3.8, 4) is 11.1 Å². The second-order valence-corrected chi connectivity index (χ2v) is 5.89. The predicted molar refractivity (Wildman–Crippen MR) is 101 cm³/mol. The average Bonchev–Trinajstić information content (AvgIpc) is 2.53. The normalized spacial score (nSPS) is 9.33. The maximum atomic E-state index is 11.1. The van der Waals surface area contributed by atoms with Gasteiger partial charge >= 0.3 is 11.9 Å². The number of aliphatic hydroxyl groups is 2. The zero-order valence-corrected chi connectivity index (χ0v) is 17.4. The third kappa shape index (κ3) is 11.4. The summed E-state index contributed by atoms with van der Waals surface area (Å²) in [7, 11) is 0. The number of hydrogen-bond donors (Lipinski definition) is 4. The molecule has 0 amide bonds. The molecule has 4 N–H and O–H groups in total. The third-order valence-corrected chi connectivity index (χ3v) is 2.61. The van der Waals surface area contributed by atoms with E-state index >= 15 is 0 Å². The first-order valence-electron chi connectivity index (χ1n) is 8.09. The van der Waals surface area contributed by atoms with E-state index in [0.717, 1.165) is 0 Å². The van der Waals surface area contributed by atoms with E-state index in [1.807, 2.05) is 0 Å². The fraction of sp³-hybridized carbons (Fsp3) is 0.300. The molecular weight excluding hydrogens is 384 g/mol. The number of aliphatic hydroxyl groups excluding tert-OH is 2. The van der Waals surface area contributed by atoms with Crippen molar-refractivity contribution in [1.82, 2.24) is 0 Å².